The summed E-state index contributed by atoms with van der Waals surface area (Å²) in [5.41, 5.74) is 1.95. The summed E-state index contributed by atoms with van der Waals surface area (Å²) in [5, 5.41) is 0. The fraction of sp³-hybridized carbons (Fsp3) is 0.316. The van der Waals surface area contributed by atoms with Crippen LogP contribution in [-0.2, 0) is 4.79 Å². The van der Waals surface area contributed by atoms with Gasteiger partial charge in [0.05, 0.1) is 19.1 Å². The van der Waals surface area contributed by atoms with Crippen molar-refractivity contribution in [2.45, 2.75) is 19.4 Å². The molecule has 0 aliphatic carbocycles. The summed E-state index contributed by atoms with van der Waals surface area (Å²) >= 11 is 0. The molecule has 0 bridgehead atoms. The summed E-state index contributed by atoms with van der Waals surface area (Å²) in [6, 6.07) is 13.5. The van der Waals surface area contributed by atoms with E-state index in [4.69, 9.17) is 14.2 Å². The molecule has 2 aliphatic heterocycles. The monoisotopic (exact) mass is 325 g/mol. The van der Waals surface area contributed by atoms with Crippen LogP contribution in [0.15, 0.2) is 42.5 Å². The molecule has 0 aromatic heterocycles. The zero-order chi connectivity index (χ0) is 16.7. The van der Waals surface area contributed by atoms with Crippen LogP contribution in [-0.4, -0.2) is 19.8 Å². The second-order valence-electron chi connectivity index (χ2n) is 5.98. The molecule has 124 valence electrons. The third kappa shape index (κ3) is 2.19. The molecule has 2 aromatic rings. The van der Waals surface area contributed by atoms with Crippen molar-refractivity contribution in [3.05, 3.63) is 48.0 Å². The first-order valence-electron chi connectivity index (χ1n) is 8.09. The Labute approximate surface area is 140 Å². The molecular formula is C19H19NO4. The summed E-state index contributed by atoms with van der Waals surface area (Å²) in [4.78, 5) is 14.5. The minimum Gasteiger partial charge on any atom is -0.497 e. The molecule has 24 heavy (non-hydrogen) atoms. The maximum Gasteiger partial charge on any atom is 0.233 e. The van der Waals surface area contributed by atoms with Crippen LogP contribution in [0.25, 0.3) is 0 Å². The Morgan fingerprint density at radius 1 is 1.12 bits per heavy atom. The number of nitrogens with zero attached hydrogens (tertiary/aromatic N) is 1. The van der Waals surface area contributed by atoms with E-state index < -0.39 is 0 Å². The Morgan fingerprint density at radius 2 is 1.88 bits per heavy atom. The first-order valence-corrected chi connectivity index (χ1v) is 8.09. The fourth-order valence-corrected chi connectivity index (χ4v) is 3.46. The van der Waals surface area contributed by atoms with E-state index in [1.165, 1.54) is 0 Å². The molecule has 2 aliphatic rings. The highest BCUT2D eigenvalue weighted by atomic mass is 16.7. The van der Waals surface area contributed by atoms with Crippen molar-refractivity contribution in [3.8, 4) is 17.2 Å². The predicted molar refractivity (Wildman–Crippen MR) is 89.6 cm³/mol. The van der Waals surface area contributed by atoms with Crippen molar-refractivity contribution in [1.29, 1.82) is 0 Å². The quantitative estimate of drug-likeness (QED) is 0.807. The first-order chi connectivity index (χ1) is 11.7. The van der Waals surface area contributed by atoms with Crippen LogP contribution in [0.4, 0.5) is 5.69 Å². The van der Waals surface area contributed by atoms with Gasteiger partial charge in [-0.05, 0) is 48.4 Å². The van der Waals surface area contributed by atoms with Crippen LogP contribution >= 0.6 is 0 Å². The molecule has 2 heterocycles. The van der Waals surface area contributed by atoms with E-state index in [2.05, 4.69) is 0 Å². The number of benzene rings is 2. The first kappa shape index (κ1) is 14.9. The van der Waals surface area contributed by atoms with E-state index in [0.29, 0.717) is 0 Å². The Morgan fingerprint density at radius 3 is 2.58 bits per heavy atom. The number of hydrogen-bond acceptors (Lipinski definition) is 4. The lowest BCUT2D eigenvalue weighted by Gasteiger charge is -2.47. The Bertz CT molecular complexity index is 771. The molecule has 2 aromatic carbocycles. The van der Waals surface area contributed by atoms with Gasteiger partial charge < -0.3 is 19.1 Å². The van der Waals surface area contributed by atoms with Crippen LogP contribution < -0.4 is 19.1 Å². The number of rotatable bonds is 4. The van der Waals surface area contributed by atoms with E-state index in [0.717, 1.165) is 34.9 Å². The number of hydrogen-bond donors (Lipinski definition) is 0. The van der Waals surface area contributed by atoms with Gasteiger partial charge in [0.2, 0.25) is 12.7 Å². The van der Waals surface area contributed by atoms with Crippen LogP contribution in [0, 0.1) is 5.92 Å². The summed E-state index contributed by atoms with van der Waals surface area (Å²) in [7, 11) is 1.63. The number of fused-ring (bicyclic) bond motifs is 1. The Balaban J connectivity index is 1.69. The lowest BCUT2D eigenvalue weighted by Crippen LogP contribution is -2.55. The Hall–Kier alpha value is -2.69. The van der Waals surface area contributed by atoms with Crippen LogP contribution in [0.5, 0.6) is 17.2 Å². The maximum atomic E-state index is 12.6. The fourth-order valence-electron chi connectivity index (χ4n) is 3.46. The summed E-state index contributed by atoms with van der Waals surface area (Å²) in [6.07, 6.45) is 0.810. The summed E-state index contributed by atoms with van der Waals surface area (Å²) < 4.78 is 16.1. The van der Waals surface area contributed by atoms with E-state index in [9.17, 15) is 4.79 Å². The van der Waals surface area contributed by atoms with Crippen LogP contribution in [0.1, 0.15) is 24.9 Å². The van der Waals surface area contributed by atoms with Gasteiger partial charge in [0, 0.05) is 5.69 Å². The topological polar surface area (TPSA) is 48.0 Å². The lowest BCUT2D eigenvalue weighted by atomic mass is 9.80. The Kier molecular flexibility index (Phi) is 3.56. The highest BCUT2D eigenvalue weighted by Crippen LogP contribution is 2.47. The number of anilines is 1. The van der Waals surface area contributed by atoms with Gasteiger partial charge in [-0.15, -0.1) is 0 Å². The van der Waals surface area contributed by atoms with E-state index in [1.807, 2.05) is 54.3 Å². The molecule has 0 spiro atoms. The molecule has 1 fully saturated rings. The molecule has 0 N–H and O–H groups in total. The zero-order valence-electron chi connectivity index (χ0n) is 13.7. The van der Waals surface area contributed by atoms with Gasteiger partial charge in [0.15, 0.2) is 11.5 Å². The van der Waals surface area contributed by atoms with Crippen molar-refractivity contribution in [3.63, 3.8) is 0 Å². The van der Waals surface area contributed by atoms with Gasteiger partial charge in [-0.1, -0.05) is 13.0 Å². The van der Waals surface area contributed by atoms with Gasteiger partial charge in [-0.3, -0.25) is 4.79 Å². The molecule has 1 saturated heterocycles. The third-order valence-corrected chi connectivity index (χ3v) is 4.74. The average Bonchev–Trinajstić information content (AvgIpc) is 3.08. The highest BCUT2D eigenvalue weighted by molar-refractivity contribution is 6.03. The van der Waals surface area contributed by atoms with E-state index in [1.54, 1.807) is 7.11 Å². The number of carbonyl (C=O) groups is 1. The standard InChI is InChI=1S/C19H19NO4/c1-3-15-18(12-4-9-16-17(10-12)24-11-23-16)20(19(15)21)13-5-7-14(22-2)8-6-13/h4-10,15,18H,3,11H2,1-2H3/t15-,18-/m0/s1. The van der Waals surface area contributed by atoms with Crippen LogP contribution in [0.3, 0.4) is 0 Å². The molecular weight excluding hydrogens is 306 g/mol. The number of carbonyl (C=O) groups excluding carboxylic acids is 1. The molecule has 0 unspecified atom stereocenters. The largest absolute Gasteiger partial charge is 0.497 e. The van der Waals surface area contributed by atoms with E-state index in [-0.39, 0.29) is 24.7 Å². The predicted octanol–water partition coefficient (Wildman–Crippen LogP) is 3.54. The summed E-state index contributed by atoms with van der Waals surface area (Å²) in [5.74, 6) is 2.43. The maximum absolute atomic E-state index is 12.6. The minimum absolute atomic E-state index is 0.00697. The van der Waals surface area contributed by atoms with Gasteiger partial charge in [0.25, 0.3) is 0 Å². The van der Waals surface area contributed by atoms with E-state index >= 15 is 0 Å². The zero-order valence-corrected chi connectivity index (χ0v) is 13.7. The molecule has 4 rings (SSSR count). The van der Waals surface area contributed by atoms with Gasteiger partial charge >= 0.3 is 0 Å². The average molecular weight is 325 g/mol. The summed E-state index contributed by atoms with van der Waals surface area (Å²) in [6.45, 7) is 2.30. The van der Waals surface area contributed by atoms with Gasteiger partial charge in [-0.2, -0.15) is 0 Å². The van der Waals surface area contributed by atoms with Crippen molar-refractivity contribution in [1.82, 2.24) is 0 Å². The van der Waals surface area contributed by atoms with Crippen molar-refractivity contribution in [2.75, 3.05) is 18.8 Å². The number of amides is 1. The lowest BCUT2D eigenvalue weighted by molar-refractivity contribution is -0.130. The smallest absolute Gasteiger partial charge is 0.233 e. The molecule has 1 amide bonds. The molecule has 5 nitrogen and oxygen atoms in total. The SMILES string of the molecule is CC[C@@H]1C(=O)N(c2ccc(OC)cc2)[C@H]1c1ccc2c(c1)OCO2. The minimum atomic E-state index is -0.00697. The second-order valence-corrected chi connectivity index (χ2v) is 5.98. The number of β-lactam (4-membered cyclic amide) rings is 1. The molecule has 2 atom stereocenters. The molecule has 0 saturated carbocycles. The highest BCUT2D eigenvalue weighted by Gasteiger charge is 2.47. The van der Waals surface area contributed by atoms with Crippen molar-refractivity contribution >= 4 is 11.6 Å². The van der Waals surface area contributed by atoms with Gasteiger partial charge in [0.1, 0.15) is 5.75 Å². The van der Waals surface area contributed by atoms with Crippen molar-refractivity contribution in [2.24, 2.45) is 5.92 Å². The van der Waals surface area contributed by atoms with Crippen molar-refractivity contribution < 1.29 is 19.0 Å². The van der Waals surface area contributed by atoms with Crippen LogP contribution in [0.2, 0.25) is 0 Å². The molecule has 5 heteroatoms. The third-order valence-electron chi connectivity index (χ3n) is 4.74. The number of ether oxygens (including phenoxy) is 3. The number of methoxy groups -OCH3 is 1. The normalized spacial score (nSPS) is 21.6. The molecule has 0 radical (unpaired) electrons. The van der Waals surface area contributed by atoms with Gasteiger partial charge in [-0.25, -0.2) is 0 Å². The second kappa shape index (κ2) is 5.74.